The molecular weight excluding hydrogens is 280 g/mol. The molecule has 0 radical (unpaired) electrons. The van der Waals surface area contributed by atoms with Crippen molar-refractivity contribution >= 4 is 0 Å². The molecule has 1 aliphatic rings. The van der Waals surface area contributed by atoms with Crippen molar-refractivity contribution in [1.29, 1.82) is 0 Å². The molecule has 4 nitrogen and oxygen atoms in total. The molecule has 0 unspecified atom stereocenters. The molecule has 1 fully saturated rings. The maximum Gasteiger partial charge on any atom is 0.122 e. The molecular formula is C18H20O4. The van der Waals surface area contributed by atoms with Gasteiger partial charge in [-0.05, 0) is 23.3 Å². The van der Waals surface area contributed by atoms with Crippen molar-refractivity contribution in [2.24, 2.45) is 0 Å². The molecule has 0 bridgehead atoms. The fourth-order valence-corrected chi connectivity index (χ4v) is 2.45. The van der Waals surface area contributed by atoms with Crippen LogP contribution in [0.3, 0.4) is 0 Å². The second kappa shape index (κ2) is 6.81. The Hall–Kier alpha value is -2.04. The van der Waals surface area contributed by atoms with Crippen LogP contribution in [0.15, 0.2) is 48.5 Å². The predicted molar refractivity (Wildman–Crippen MR) is 83.3 cm³/mol. The summed E-state index contributed by atoms with van der Waals surface area (Å²) in [6.45, 7) is 1.09. The van der Waals surface area contributed by atoms with E-state index in [4.69, 9.17) is 18.9 Å². The quantitative estimate of drug-likeness (QED) is 0.735. The zero-order valence-electron chi connectivity index (χ0n) is 12.8. The van der Waals surface area contributed by atoms with Gasteiger partial charge in [-0.2, -0.15) is 0 Å². The Kier molecular flexibility index (Phi) is 4.61. The molecule has 0 N–H and O–H groups in total. The molecule has 0 spiro atoms. The third kappa shape index (κ3) is 3.59. The van der Waals surface area contributed by atoms with E-state index in [1.54, 1.807) is 14.2 Å². The molecule has 0 amide bonds. The summed E-state index contributed by atoms with van der Waals surface area (Å²) in [6, 6.07) is 16.0. The highest BCUT2D eigenvalue weighted by atomic mass is 16.6. The van der Waals surface area contributed by atoms with E-state index in [9.17, 15) is 0 Å². The normalized spacial score (nSPS) is 19.7. The summed E-state index contributed by atoms with van der Waals surface area (Å²) in [4.78, 5) is 0. The number of benzene rings is 2. The molecule has 1 saturated heterocycles. The van der Waals surface area contributed by atoms with Crippen LogP contribution in [0, 0.1) is 0 Å². The van der Waals surface area contributed by atoms with E-state index in [1.165, 1.54) is 5.56 Å². The lowest BCUT2D eigenvalue weighted by atomic mass is 10.1. The van der Waals surface area contributed by atoms with Gasteiger partial charge < -0.3 is 18.9 Å². The molecule has 4 heteroatoms. The second-order valence-electron chi connectivity index (χ2n) is 5.24. The lowest BCUT2D eigenvalue weighted by Gasteiger charge is -2.08. The molecule has 1 aliphatic heterocycles. The second-order valence-corrected chi connectivity index (χ2v) is 5.24. The predicted octanol–water partition coefficient (Wildman–Crippen LogP) is 3.36. The zero-order chi connectivity index (χ0) is 15.4. The van der Waals surface area contributed by atoms with Crippen molar-refractivity contribution in [2.45, 2.75) is 18.8 Å². The van der Waals surface area contributed by atoms with E-state index in [-0.39, 0.29) is 12.2 Å². The van der Waals surface area contributed by atoms with Crippen molar-refractivity contribution in [1.82, 2.24) is 0 Å². The topological polar surface area (TPSA) is 40.2 Å². The fraction of sp³-hybridized carbons (Fsp3) is 0.333. The van der Waals surface area contributed by atoms with Gasteiger partial charge in [0.15, 0.2) is 0 Å². The Morgan fingerprint density at radius 2 is 1.64 bits per heavy atom. The third-order valence-corrected chi connectivity index (χ3v) is 3.67. The molecule has 1 heterocycles. The van der Waals surface area contributed by atoms with Gasteiger partial charge in [0.2, 0.25) is 0 Å². The van der Waals surface area contributed by atoms with Gasteiger partial charge in [0.25, 0.3) is 0 Å². The molecule has 0 aliphatic carbocycles. The number of hydrogen-bond acceptors (Lipinski definition) is 4. The minimum Gasteiger partial charge on any atom is -0.497 e. The Morgan fingerprint density at radius 3 is 2.27 bits per heavy atom. The Bertz CT molecular complexity index is 589. The monoisotopic (exact) mass is 300 g/mol. The van der Waals surface area contributed by atoms with Crippen LogP contribution < -0.4 is 9.47 Å². The summed E-state index contributed by atoms with van der Waals surface area (Å²) in [7, 11) is 3.28. The number of ether oxygens (including phenoxy) is 4. The van der Waals surface area contributed by atoms with Crippen LogP contribution in [0.2, 0.25) is 0 Å². The summed E-state index contributed by atoms with van der Waals surface area (Å²) >= 11 is 0. The number of epoxide rings is 1. The van der Waals surface area contributed by atoms with Gasteiger partial charge in [0.1, 0.15) is 23.7 Å². The average Bonchev–Trinajstić information content (AvgIpc) is 3.35. The van der Waals surface area contributed by atoms with E-state index < -0.39 is 0 Å². The van der Waals surface area contributed by atoms with Gasteiger partial charge in [0.05, 0.1) is 27.4 Å². The van der Waals surface area contributed by atoms with Gasteiger partial charge in [-0.3, -0.25) is 0 Å². The lowest BCUT2D eigenvalue weighted by Crippen LogP contribution is -2.03. The first-order valence-electron chi connectivity index (χ1n) is 7.30. The standard InChI is InChI=1S/C18H20O4/c1-19-15-8-13(9-16(10-15)20-2)11-21-12-17-18(22-17)14-6-4-3-5-7-14/h3-10,17-18H,11-12H2,1-2H3/t17-,18-/m0/s1. The van der Waals surface area contributed by atoms with E-state index in [0.29, 0.717) is 13.2 Å². The van der Waals surface area contributed by atoms with Crippen molar-refractivity contribution < 1.29 is 18.9 Å². The van der Waals surface area contributed by atoms with E-state index >= 15 is 0 Å². The minimum absolute atomic E-state index is 0.148. The summed E-state index contributed by atoms with van der Waals surface area (Å²) < 4.78 is 21.9. The molecule has 3 rings (SSSR count). The Balaban J connectivity index is 1.50. The largest absolute Gasteiger partial charge is 0.497 e. The molecule has 116 valence electrons. The summed E-state index contributed by atoms with van der Waals surface area (Å²) in [5.41, 5.74) is 2.23. The van der Waals surface area contributed by atoms with Crippen LogP contribution >= 0.6 is 0 Å². The van der Waals surface area contributed by atoms with Crippen molar-refractivity contribution in [2.75, 3.05) is 20.8 Å². The molecule has 22 heavy (non-hydrogen) atoms. The highest BCUT2D eigenvalue weighted by molar-refractivity contribution is 5.38. The van der Waals surface area contributed by atoms with Gasteiger partial charge >= 0.3 is 0 Å². The molecule has 2 aromatic rings. The van der Waals surface area contributed by atoms with Crippen LogP contribution in [0.5, 0.6) is 11.5 Å². The van der Waals surface area contributed by atoms with E-state index in [0.717, 1.165) is 17.1 Å². The average molecular weight is 300 g/mol. The van der Waals surface area contributed by atoms with Crippen LogP contribution in [-0.4, -0.2) is 26.9 Å². The van der Waals surface area contributed by atoms with Gasteiger partial charge in [0, 0.05) is 6.07 Å². The number of methoxy groups -OCH3 is 2. The molecule has 2 aromatic carbocycles. The molecule has 0 saturated carbocycles. The smallest absolute Gasteiger partial charge is 0.122 e. The van der Waals surface area contributed by atoms with Gasteiger partial charge in [-0.1, -0.05) is 30.3 Å². The summed E-state index contributed by atoms with van der Waals surface area (Å²) in [6.07, 6.45) is 0.316. The van der Waals surface area contributed by atoms with Crippen molar-refractivity contribution in [3.63, 3.8) is 0 Å². The maximum absolute atomic E-state index is 5.76. The highest BCUT2D eigenvalue weighted by Gasteiger charge is 2.39. The first-order chi connectivity index (χ1) is 10.8. The van der Waals surface area contributed by atoms with Crippen LogP contribution in [0.25, 0.3) is 0 Å². The molecule has 2 atom stereocenters. The fourth-order valence-electron chi connectivity index (χ4n) is 2.45. The first kappa shape index (κ1) is 14.9. The number of hydrogen-bond donors (Lipinski definition) is 0. The maximum atomic E-state index is 5.76. The van der Waals surface area contributed by atoms with Crippen LogP contribution in [-0.2, 0) is 16.1 Å². The zero-order valence-corrected chi connectivity index (χ0v) is 12.8. The van der Waals surface area contributed by atoms with Crippen LogP contribution in [0.1, 0.15) is 17.2 Å². The SMILES string of the molecule is COc1cc(COC[C@@H]2O[C@H]2c2ccccc2)cc(OC)c1. The minimum atomic E-state index is 0.148. The summed E-state index contributed by atoms with van der Waals surface area (Å²) in [5.74, 6) is 1.53. The Labute approximate surface area is 130 Å². The van der Waals surface area contributed by atoms with Crippen molar-refractivity contribution in [3.8, 4) is 11.5 Å². The van der Waals surface area contributed by atoms with Gasteiger partial charge in [-0.15, -0.1) is 0 Å². The molecule has 0 aromatic heterocycles. The summed E-state index contributed by atoms with van der Waals surface area (Å²) in [5, 5.41) is 0. The highest BCUT2D eigenvalue weighted by Crippen LogP contribution is 2.38. The van der Waals surface area contributed by atoms with Gasteiger partial charge in [-0.25, -0.2) is 0 Å². The van der Waals surface area contributed by atoms with Crippen molar-refractivity contribution in [3.05, 3.63) is 59.7 Å². The van der Waals surface area contributed by atoms with E-state index in [1.807, 2.05) is 36.4 Å². The van der Waals surface area contributed by atoms with Crippen LogP contribution in [0.4, 0.5) is 0 Å². The first-order valence-corrected chi connectivity index (χ1v) is 7.30. The van der Waals surface area contributed by atoms with E-state index in [2.05, 4.69) is 12.1 Å². The lowest BCUT2D eigenvalue weighted by molar-refractivity contribution is 0.104. The Morgan fingerprint density at radius 1 is 0.955 bits per heavy atom. The third-order valence-electron chi connectivity index (χ3n) is 3.67. The number of rotatable bonds is 7.